The summed E-state index contributed by atoms with van der Waals surface area (Å²) in [4.78, 5) is 0. The smallest absolute Gasteiger partial charge is 0.251 e. The summed E-state index contributed by atoms with van der Waals surface area (Å²) < 4.78 is 8.72. The summed E-state index contributed by atoms with van der Waals surface area (Å²) in [6.07, 6.45) is 4.50. The molecule has 0 aromatic carbocycles. The third-order valence-electron chi connectivity index (χ3n) is 0.304. The van der Waals surface area contributed by atoms with Crippen molar-refractivity contribution >= 4 is 0 Å². The molecule has 0 unspecified atom stereocenters. The van der Waals surface area contributed by atoms with Crippen molar-refractivity contribution in [2.45, 2.75) is 0 Å². The van der Waals surface area contributed by atoms with Crippen LogP contribution in [0.15, 0.2) is 0 Å². The lowest BCUT2D eigenvalue weighted by molar-refractivity contribution is 0.102. The lowest BCUT2D eigenvalue weighted by Gasteiger charge is -1.78. The maximum Gasteiger partial charge on any atom is 0.251 e. The van der Waals surface area contributed by atoms with E-state index in [1.54, 1.807) is 0 Å². The minimum Gasteiger partial charge on any atom is -0.404 e. The summed E-state index contributed by atoms with van der Waals surface area (Å²) in [6.45, 7) is 0.278. The zero-order valence-electron chi connectivity index (χ0n) is 2.52. The van der Waals surface area contributed by atoms with E-state index < -0.39 is 0 Å². The van der Waals surface area contributed by atoms with E-state index in [2.05, 4.69) is 21.7 Å². The van der Waals surface area contributed by atoms with Gasteiger partial charge in [-0.3, -0.25) is 0 Å². The molecule has 0 bridgehead atoms. The van der Waals surface area contributed by atoms with E-state index in [9.17, 15) is 0 Å². The molecule has 1 aliphatic heterocycles. The normalized spacial score (nSPS) is 14.4. The molecule has 0 aromatic rings. The Labute approximate surface area is 29.7 Å². The Morgan fingerprint density at radius 3 is 2.00 bits per heavy atom. The first kappa shape index (κ1) is 2.40. The standard InChI is InChI=1S/C3H2O2/c1-2-5-3-4-1/h3H2. The fourth-order valence-corrected chi connectivity index (χ4v) is 0.147. The highest BCUT2D eigenvalue weighted by Crippen LogP contribution is 1.78. The lowest BCUT2D eigenvalue weighted by Crippen LogP contribution is -1.77. The van der Waals surface area contributed by atoms with Crippen LogP contribution in [0.25, 0.3) is 0 Å². The van der Waals surface area contributed by atoms with Gasteiger partial charge in [0.2, 0.25) is 0 Å². The van der Waals surface area contributed by atoms with Gasteiger partial charge in [0.25, 0.3) is 6.79 Å². The van der Waals surface area contributed by atoms with Gasteiger partial charge < -0.3 is 9.47 Å². The number of rotatable bonds is 0. The van der Waals surface area contributed by atoms with Crippen molar-refractivity contribution in [2.24, 2.45) is 0 Å². The van der Waals surface area contributed by atoms with Crippen molar-refractivity contribution in [3.8, 4) is 12.2 Å². The molecule has 0 saturated heterocycles. The van der Waals surface area contributed by atoms with Crippen molar-refractivity contribution < 1.29 is 9.47 Å². The molecule has 2 heteroatoms. The molecule has 0 spiro atoms. The van der Waals surface area contributed by atoms with Gasteiger partial charge in [-0.25, -0.2) is 0 Å². The fourth-order valence-electron chi connectivity index (χ4n) is 0.147. The second-order valence-corrected chi connectivity index (χ2v) is 0.611. The van der Waals surface area contributed by atoms with Gasteiger partial charge in [0, 0.05) is 0 Å². The highest BCUT2D eigenvalue weighted by Gasteiger charge is 1.81. The molecule has 1 heterocycles. The molecule has 0 N–H and O–H groups in total. The molecule has 1 aliphatic rings. The van der Waals surface area contributed by atoms with Gasteiger partial charge in [-0.05, 0) is 0 Å². The van der Waals surface area contributed by atoms with Crippen LogP contribution in [0.1, 0.15) is 0 Å². The van der Waals surface area contributed by atoms with E-state index in [4.69, 9.17) is 0 Å². The molecule has 0 atom stereocenters. The zero-order valence-corrected chi connectivity index (χ0v) is 2.52. The van der Waals surface area contributed by atoms with Crippen molar-refractivity contribution in [3.63, 3.8) is 0 Å². The Morgan fingerprint density at radius 2 is 1.80 bits per heavy atom. The molecule has 0 saturated carbocycles. The number of ether oxygens (including phenoxy) is 2. The van der Waals surface area contributed by atoms with E-state index in [-0.39, 0.29) is 6.79 Å². The van der Waals surface area contributed by atoms with E-state index >= 15 is 0 Å². The summed E-state index contributed by atoms with van der Waals surface area (Å²) in [5, 5.41) is 0. The van der Waals surface area contributed by atoms with Gasteiger partial charge in [-0.15, -0.1) is 0 Å². The van der Waals surface area contributed by atoms with Crippen molar-refractivity contribution in [1.29, 1.82) is 0 Å². The molecule has 0 amide bonds. The van der Waals surface area contributed by atoms with Crippen molar-refractivity contribution in [2.75, 3.05) is 6.79 Å². The molecule has 2 nitrogen and oxygen atoms in total. The molecular weight excluding hydrogens is 68.0 g/mol. The SMILES string of the molecule is C1#COCO1. The van der Waals surface area contributed by atoms with Gasteiger partial charge in [0.05, 0.1) is 0 Å². The molecular formula is C3H2O2. The van der Waals surface area contributed by atoms with Crippen LogP contribution in [-0.2, 0) is 9.47 Å². The predicted octanol–water partition coefficient (Wildman–Crippen LogP) is -0.0909. The van der Waals surface area contributed by atoms with Crippen LogP contribution < -0.4 is 0 Å². The largest absolute Gasteiger partial charge is 0.404 e. The summed E-state index contributed by atoms with van der Waals surface area (Å²) in [7, 11) is 0. The zero-order chi connectivity index (χ0) is 3.54. The Kier molecular flexibility index (Phi) is 0.409. The molecule has 0 fully saturated rings. The fraction of sp³-hybridized carbons (Fsp3) is 0.333. The van der Waals surface area contributed by atoms with Crippen LogP contribution >= 0.6 is 0 Å². The average Bonchev–Trinajstić information content (AvgIpc) is 1.76. The van der Waals surface area contributed by atoms with Crippen LogP contribution in [0.5, 0.6) is 0 Å². The summed E-state index contributed by atoms with van der Waals surface area (Å²) in [5.41, 5.74) is 0. The Bertz CT molecular complexity index is 68.6. The highest BCUT2D eigenvalue weighted by atomic mass is 16.7. The Hall–Kier alpha value is -0.840. The van der Waals surface area contributed by atoms with Gasteiger partial charge in [0.1, 0.15) is 0 Å². The van der Waals surface area contributed by atoms with Crippen molar-refractivity contribution in [3.05, 3.63) is 0 Å². The molecule has 0 aliphatic carbocycles. The second kappa shape index (κ2) is 0.852. The van der Waals surface area contributed by atoms with Gasteiger partial charge in [-0.2, -0.15) is 0 Å². The topological polar surface area (TPSA) is 18.5 Å². The van der Waals surface area contributed by atoms with E-state index in [1.807, 2.05) is 0 Å². The Morgan fingerprint density at radius 1 is 1.20 bits per heavy atom. The highest BCUT2D eigenvalue weighted by molar-refractivity contribution is 4.83. The number of hydrogen-bond acceptors (Lipinski definition) is 2. The molecule has 0 radical (unpaired) electrons. The molecule has 0 aromatic heterocycles. The maximum atomic E-state index is 4.36. The third kappa shape index (κ3) is 0.246. The van der Waals surface area contributed by atoms with E-state index in [0.717, 1.165) is 0 Å². The first-order valence-corrected chi connectivity index (χ1v) is 1.24. The average molecular weight is 70.0 g/mol. The van der Waals surface area contributed by atoms with Crippen LogP contribution in [0.2, 0.25) is 0 Å². The molecule has 1 rings (SSSR count). The maximum absolute atomic E-state index is 4.36. The Balaban J connectivity index is 2.42. The summed E-state index contributed by atoms with van der Waals surface area (Å²) in [5.74, 6) is 0. The molecule has 5 heavy (non-hydrogen) atoms. The monoisotopic (exact) mass is 70.0 g/mol. The quantitative estimate of drug-likeness (QED) is 0.371. The summed E-state index contributed by atoms with van der Waals surface area (Å²) in [6, 6.07) is 0. The minimum absolute atomic E-state index is 0.278. The van der Waals surface area contributed by atoms with E-state index in [1.165, 1.54) is 0 Å². The minimum atomic E-state index is 0.278. The van der Waals surface area contributed by atoms with Gasteiger partial charge in [-0.1, -0.05) is 0 Å². The third-order valence-corrected chi connectivity index (χ3v) is 0.304. The van der Waals surface area contributed by atoms with Crippen LogP contribution in [0.4, 0.5) is 0 Å². The second-order valence-electron chi connectivity index (χ2n) is 0.611. The molecule has 26 valence electrons. The predicted molar refractivity (Wildman–Crippen MR) is 14.8 cm³/mol. The van der Waals surface area contributed by atoms with Crippen LogP contribution in [0.3, 0.4) is 0 Å². The van der Waals surface area contributed by atoms with Crippen molar-refractivity contribution in [1.82, 2.24) is 0 Å². The van der Waals surface area contributed by atoms with Crippen LogP contribution in [0, 0.1) is 12.2 Å². The van der Waals surface area contributed by atoms with Gasteiger partial charge in [0.15, 0.2) is 12.2 Å². The first-order valence-electron chi connectivity index (χ1n) is 1.24. The van der Waals surface area contributed by atoms with E-state index in [0.29, 0.717) is 0 Å². The lowest BCUT2D eigenvalue weighted by atomic mass is 11.2. The van der Waals surface area contributed by atoms with Crippen LogP contribution in [-0.4, -0.2) is 6.79 Å². The first-order chi connectivity index (χ1) is 2.50. The summed E-state index contributed by atoms with van der Waals surface area (Å²) >= 11 is 0. The number of hydrogen-bond donors (Lipinski definition) is 0. The van der Waals surface area contributed by atoms with Gasteiger partial charge >= 0.3 is 0 Å².